The van der Waals surface area contributed by atoms with Crippen molar-refractivity contribution in [1.29, 1.82) is 0 Å². The molecule has 1 aromatic rings. The van der Waals surface area contributed by atoms with Crippen LogP contribution in [0.15, 0.2) is 6.08 Å². The molecule has 96 valence electrons. The Balaban J connectivity index is 2.53. The second kappa shape index (κ2) is 7.05. The van der Waals surface area contributed by atoms with Crippen LogP contribution < -0.4 is 0 Å². The second-order valence-corrected chi connectivity index (χ2v) is 4.32. The first-order valence-corrected chi connectivity index (χ1v) is 6.50. The minimum Gasteiger partial charge on any atom is -0.494 e. The van der Waals surface area contributed by atoms with Crippen LogP contribution in [0, 0.1) is 0 Å². The lowest BCUT2D eigenvalue weighted by Crippen LogP contribution is -1.80. The molecule has 0 bridgehead atoms. The van der Waals surface area contributed by atoms with Crippen LogP contribution >= 0.6 is 0 Å². The number of allylic oxidation sites excluding steroid dienone is 1. The van der Waals surface area contributed by atoms with Crippen molar-refractivity contribution in [3.8, 4) is 11.8 Å². The second-order valence-electron chi connectivity index (χ2n) is 4.32. The Kier molecular flexibility index (Phi) is 5.67. The van der Waals surface area contributed by atoms with Crippen molar-refractivity contribution in [2.24, 2.45) is 0 Å². The molecular formula is C14H23NO2. The highest BCUT2D eigenvalue weighted by Crippen LogP contribution is 2.30. The van der Waals surface area contributed by atoms with Gasteiger partial charge in [0.2, 0.25) is 0 Å². The molecule has 3 N–H and O–H groups in total. The molecular weight excluding hydrogens is 214 g/mol. The van der Waals surface area contributed by atoms with Gasteiger partial charge in [-0.25, -0.2) is 0 Å². The van der Waals surface area contributed by atoms with Crippen molar-refractivity contribution in [1.82, 2.24) is 4.98 Å². The molecule has 0 spiro atoms. The number of aromatic nitrogens is 1. The standard InChI is InChI=1S/C14H23NO2/c1-3-5-6-7-8-9-10-12-11(4-2)13(16)15-14(12)17/h9-10,15-17H,3-8H2,1-2H3. The SMILES string of the molecule is CCCCCCC=Cc1c(O)[nH]c(O)c1CC. The van der Waals surface area contributed by atoms with Crippen molar-refractivity contribution in [3.05, 3.63) is 17.2 Å². The predicted octanol–water partition coefficient (Wildman–Crippen LogP) is 3.97. The van der Waals surface area contributed by atoms with E-state index < -0.39 is 0 Å². The number of hydrogen-bond acceptors (Lipinski definition) is 2. The van der Waals surface area contributed by atoms with Crippen LogP contribution in [0.25, 0.3) is 6.08 Å². The Morgan fingerprint density at radius 2 is 1.82 bits per heavy atom. The number of H-pyrrole nitrogens is 1. The average Bonchev–Trinajstić information content (AvgIpc) is 2.58. The Morgan fingerprint density at radius 1 is 1.06 bits per heavy atom. The lowest BCUT2D eigenvalue weighted by molar-refractivity contribution is 0.423. The normalized spacial score (nSPS) is 11.4. The van der Waals surface area contributed by atoms with Crippen molar-refractivity contribution in [2.45, 2.75) is 52.4 Å². The zero-order valence-corrected chi connectivity index (χ0v) is 10.8. The van der Waals surface area contributed by atoms with E-state index in [0.29, 0.717) is 6.42 Å². The van der Waals surface area contributed by atoms with Crippen LogP contribution in [0.2, 0.25) is 0 Å². The summed E-state index contributed by atoms with van der Waals surface area (Å²) in [5, 5.41) is 19.2. The topological polar surface area (TPSA) is 56.2 Å². The van der Waals surface area contributed by atoms with Crippen molar-refractivity contribution >= 4 is 6.08 Å². The largest absolute Gasteiger partial charge is 0.494 e. The van der Waals surface area contributed by atoms with E-state index in [4.69, 9.17) is 0 Å². The molecule has 0 atom stereocenters. The van der Waals surface area contributed by atoms with Crippen LogP contribution in [0.5, 0.6) is 11.8 Å². The lowest BCUT2D eigenvalue weighted by atomic mass is 10.1. The molecule has 0 amide bonds. The van der Waals surface area contributed by atoms with Gasteiger partial charge in [0.25, 0.3) is 0 Å². The maximum Gasteiger partial charge on any atom is 0.198 e. The number of aromatic hydroxyl groups is 2. The molecule has 0 radical (unpaired) electrons. The minimum atomic E-state index is 0.0594. The molecule has 0 aliphatic heterocycles. The van der Waals surface area contributed by atoms with Gasteiger partial charge in [0.15, 0.2) is 11.8 Å². The van der Waals surface area contributed by atoms with E-state index >= 15 is 0 Å². The van der Waals surface area contributed by atoms with E-state index in [9.17, 15) is 10.2 Å². The van der Waals surface area contributed by atoms with E-state index in [0.717, 1.165) is 17.5 Å². The molecule has 0 aromatic carbocycles. The summed E-state index contributed by atoms with van der Waals surface area (Å²) in [5.74, 6) is 0.139. The molecule has 0 aliphatic rings. The highest BCUT2D eigenvalue weighted by Gasteiger charge is 2.11. The molecule has 0 saturated heterocycles. The Bertz CT molecular complexity index is 367. The molecule has 17 heavy (non-hydrogen) atoms. The van der Waals surface area contributed by atoms with Gasteiger partial charge in [0.05, 0.1) is 0 Å². The van der Waals surface area contributed by atoms with Gasteiger partial charge in [-0.3, -0.25) is 4.98 Å². The van der Waals surface area contributed by atoms with E-state index in [1.807, 2.05) is 13.0 Å². The Labute approximate surface area is 103 Å². The molecule has 0 unspecified atom stereocenters. The lowest BCUT2D eigenvalue weighted by Gasteiger charge is -1.97. The summed E-state index contributed by atoms with van der Waals surface area (Å²) in [6.45, 7) is 4.16. The summed E-state index contributed by atoms with van der Waals surface area (Å²) in [7, 11) is 0. The summed E-state index contributed by atoms with van der Waals surface area (Å²) in [4.78, 5) is 2.55. The summed E-state index contributed by atoms with van der Waals surface area (Å²) in [6.07, 6.45) is 10.7. The molecule has 3 heteroatoms. The van der Waals surface area contributed by atoms with Gasteiger partial charge in [0, 0.05) is 11.1 Å². The summed E-state index contributed by atoms with van der Waals surface area (Å²) in [6, 6.07) is 0. The number of rotatable bonds is 7. The number of unbranched alkanes of at least 4 members (excludes halogenated alkanes) is 4. The fourth-order valence-corrected chi connectivity index (χ4v) is 1.95. The van der Waals surface area contributed by atoms with Crippen LogP contribution in [-0.4, -0.2) is 15.2 Å². The van der Waals surface area contributed by atoms with E-state index in [2.05, 4.69) is 18.0 Å². The maximum atomic E-state index is 9.62. The molecule has 3 nitrogen and oxygen atoms in total. The first-order valence-electron chi connectivity index (χ1n) is 6.50. The van der Waals surface area contributed by atoms with E-state index in [1.54, 1.807) is 0 Å². The van der Waals surface area contributed by atoms with Gasteiger partial charge in [0.1, 0.15) is 0 Å². The van der Waals surface area contributed by atoms with Gasteiger partial charge < -0.3 is 10.2 Å². The quantitative estimate of drug-likeness (QED) is 0.628. The molecule has 0 fully saturated rings. The molecule has 1 heterocycles. The highest BCUT2D eigenvalue weighted by molar-refractivity contribution is 5.62. The first kappa shape index (κ1) is 13.7. The smallest absolute Gasteiger partial charge is 0.198 e. The van der Waals surface area contributed by atoms with Crippen molar-refractivity contribution in [3.63, 3.8) is 0 Å². The van der Waals surface area contributed by atoms with E-state index in [1.165, 1.54) is 25.7 Å². The predicted molar refractivity (Wildman–Crippen MR) is 71.3 cm³/mol. The summed E-state index contributed by atoms with van der Waals surface area (Å²) >= 11 is 0. The highest BCUT2D eigenvalue weighted by atomic mass is 16.3. The van der Waals surface area contributed by atoms with Crippen LogP contribution in [0.3, 0.4) is 0 Å². The van der Waals surface area contributed by atoms with Crippen molar-refractivity contribution < 1.29 is 10.2 Å². The number of aromatic amines is 1. The molecule has 0 saturated carbocycles. The third-order valence-electron chi connectivity index (χ3n) is 2.97. The van der Waals surface area contributed by atoms with Gasteiger partial charge in [-0.1, -0.05) is 45.3 Å². The van der Waals surface area contributed by atoms with Crippen LogP contribution in [0.4, 0.5) is 0 Å². The fourth-order valence-electron chi connectivity index (χ4n) is 1.95. The summed E-state index contributed by atoms with van der Waals surface area (Å²) in [5.41, 5.74) is 1.51. The van der Waals surface area contributed by atoms with E-state index in [-0.39, 0.29) is 11.8 Å². The van der Waals surface area contributed by atoms with Gasteiger partial charge in [-0.05, 0) is 19.3 Å². The number of hydrogen-bond donors (Lipinski definition) is 3. The average molecular weight is 237 g/mol. The zero-order chi connectivity index (χ0) is 12.7. The van der Waals surface area contributed by atoms with Gasteiger partial charge >= 0.3 is 0 Å². The number of nitrogens with one attached hydrogen (secondary N) is 1. The van der Waals surface area contributed by atoms with Gasteiger partial charge in [-0.15, -0.1) is 0 Å². The van der Waals surface area contributed by atoms with Crippen LogP contribution in [-0.2, 0) is 6.42 Å². The fraction of sp³-hybridized carbons (Fsp3) is 0.571. The van der Waals surface area contributed by atoms with Crippen LogP contribution in [0.1, 0.15) is 57.1 Å². The molecule has 1 rings (SSSR count). The third-order valence-corrected chi connectivity index (χ3v) is 2.97. The zero-order valence-electron chi connectivity index (χ0n) is 10.8. The third kappa shape index (κ3) is 3.84. The van der Waals surface area contributed by atoms with Gasteiger partial charge in [-0.2, -0.15) is 0 Å². The monoisotopic (exact) mass is 237 g/mol. The molecule has 0 aliphatic carbocycles. The van der Waals surface area contributed by atoms with Crippen molar-refractivity contribution in [2.75, 3.05) is 0 Å². The molecule has 1 aromatic heterocycles. The Hall–Kier alpha value is -1.38. The Morgan fingerprint density at radius 3 is 2.47 bits per heavy atom. The minimum absolute atomic E-state index is 0.0594. The summed E-state index contributed by atoms with van der Waals surface area (Å²) < 4.78 is 0. The first-order chi connectivity index (χ1) is 8.20. The maximum absolute atomic E-state index is 9.62.